The molecule has 1 saturated heterocycles. The van der Waals surface area contributed by atoms with Gasteiger partial charge in [0, 0.05) is 38.3 Å². The second kappa shape index (κ2) is 10.6. The molecule has 3 aromatic rings. The number of benzene rings is 1. The second-order valence-corrected chi connectivity index (χ2v) is 10.0. The molecule has 0 N–H and O–H groups in total. The van der Waals surface area contributed by atoms with Gasteiger partial charge in [0.05, 0.1) is 38.7 Å². The van der Waals surface area contributed by atoms with Crippen LogP contribution in [0, 0.1) is 5.92 Å². The van der Waals surface area contributed by atoms with Gasteiger partial charge in [0.25, 0.3) is 5.88 Å². The number of thiazole rings is 1. The number of nitrogens with zero attached hydrogens (tertiary/aromatic N) is 3. The van der Waals surface area contributed by atoms with Gasteiger partial charge in [-0.2, -0.15) is 0 Å². The molecule has 0 radical (unpaired) electrons. The Bertz CT molecular complexity index is 1120. The number of rotatable bonds is 11. The van der Waals surface area contributed by atoms with E-state index in [1.807, 2.05) is 23.6 Å². The third-order valence-corrected chi connectivity index (χ3v) is 7.71. The zero-order chi connectivity index (χ0) is 24.4. The number of hydrogen-bond donors (Lipinski definition) is 0. The van der Waals surface area contributed by atoms with Crippen molar-refractivity contribution in [2.75, 3.05) is 52.6 Å². The van der Waals surface area contributed by atoms with Gasteiger partial charge in [-0.25, -0.2) is 4.52 Å². The lowest BCUT2D eigenvalue weighted by molar-refractivity contribution is 0.0841. The number of ether oxygens (including phenoxy) is 5. The Morgan fingerprint density at radius 1 is 1.09 bits per heavy atom. The molecule has 0 unspecified atom stereocenters. The van der Waals surface area contributed by atoms with E-state index in [0.29, 0.717) is 25.1 Å². The predicted octanol–water partition coefficient (Wildman–Crippen LogP) is 5.02. The highest BCUT2D eigenvalue weighted by atomic mass is 32.1. The third kappa shape index (κ3) is 4.81. The number of aromatic nitrogens is 2. The standard InChI is InChI=1S/C26H35N3O5S/c1-5-34-25-24(28(14-17-6-7-17)19-8-10-33-11-9-19)26-29(27-25)20(16-35-26)23-21(31-3)12-18(15-30-2)13-22(23)32-4/h12-13,16-17,19H,5-11,14-15H2,1-4H3. The van der Waals surface area contributed by atoms with Crippen LogP contribution in [0.3, 0.4) is 0 Å². The minimum absolute atomic E-state index is 0.430. The first-order chi connectivity index (χ1) is 17.2. The van der Waals surface area contributed by atoms with E-state index in [1.165, 1.54) is 12.8 Å². The molecule has 2 aromatic heterocycles. The minimum atomic E-state index is 0.430. The molecular weight excluding hydrogens is 466 g/mol. The summed E-state index contributed by atoms with van der Waals surface area (Å²) in [5.41, 5.74) is 3.89. The molecule has 35 heavy (non-hydrogen) atoms. The molecule has 8 nitrogen and oxygen atoms in total. The summed E-state index contributed by atoms with van der Waals surface area (Å²) in [7, 11) is 5.05. The van der Waals surface area contributed by atoms with Crippen LogP contribution in [0.2, 0.25) is 0 Å². The van der Waals surface area contributed by atoms with Gasteiger partial charge in [0.15, 0.2) is 0 Å². The summed E-state index contributed by atoms with van der Waals surface area (Å²) in [5.74, 6) is 2.90. The molecule has 1 saturated carbocycles. The van der Waals surface area contributed by atoms with Crippen LogP contribution in [0.5, 0.6) is 17.4 Å². The van der Waals surface area contributed by atoms with Gasteiger partial charge in [-0.15, -0.1) is 16.4 Å². The molecule has 0 bridgehead atoms. The van der Waals surface area contributed by atoms with Crippen LogP contribution >= 0.6 is 11.3 Å². The highest BCUT2D eigenvalue weighted by Crippen LogP contribution is 2.46. The topological polar surface area (TPSA) is 66.7 Å². The Morgan fingerprint density at radius 3 is 2.40 bits per heavy atom. The van der Waals surface area contributed by atoms with Gasteiger partial charge >= 0.3 is 0 Å². The highest BCUT2D eigenvalue weighted by molar-refractivity contribution is 7.16. The average molecular weight is 502 g/mol. The first-order valence-electron chi connectivity index (χ1n) is 12.4. The van der Waals surface area contributed by atoms with Crippen molar-refractivity contribution in [1.82, 2.24) is 9.61 Å². The van der Waals surface area contributed by atoms with Crippen LogP contribution in [0.25, 0.3) is 16.1 Å². The predicted molar refractivity (Wildman–Crippen MR) is 137 cm³/mol. The molecule has 9 heteroatoms. The minimum Gasteiger partial charge on any atom is -0.496 e. The number of anilines is 1. The Balaban J connectivity index is 1.64. The number of hydrogen-bond acceptors (Lipinski definition) is 8. The third-order valence-electron chi connectivity index (χ3n) is 6.78. The monoisotopic (exact) mass is 501 g/mol. The molecule has 0 amide bonds. The van der Waals surface area contributed by atoms with Crippen LogP contribution in [-0.4, -0.2) is 63.4 Å². The summed E-state index contributed by atoms with van der Waals surface area (Å²) >= 11 is 1.69. The van der Waals surface area contributed by atoms with Crippen molar-refractivity contribution in [3.63, 3.8) is 0 Å². The molecule has 2 fully saturated rings. The van der Waals surface area contributed by atoms with Crippen molar-refractivity contribution < 1.29 is 23.7 Å². The van der Waals surface area contributed by atoms with Crippen molar-refractivity contribution >= 4 is 21.9 Å². The molecule has 0 spiro atoms. The number of methoxy groups -OCH3 is 3. The van der Waals surface area contributed by atoms with Crippen molar-refractivity contribution in [2.45, 2.75) is 45.3 Å². The van der Waals surface area contributed by atoms with E-state index in [-0.39, 0.29) is 0 Å². The summed E-state index contributed by atoms with van der Waals surface area (Å²) in [6.07, 6.45) is 4.64. The molecule has 0 atom stereocenters. The molecule has 3 heterocycles. The lowest BCUT2D eigenvalue weighted by atomic mass is 10.1. The first-order valence-corrected chi connectivity index (χ1v) is 13.3. The molecule has 1 aliphatic heterocycles. The smallest absolute Gasteiger partial charge is 0.258 e. The van der Waals surface area contributed by atoms with Crippen LogP contribution in [0.15, 0.2) is 17.5 Å². The lowest BCUT2D eigenvalue weighted by Gasteiger charge is -2.35. The van der Waals surface area contributed by atoms with Crippen molar-refractivity contribution in [2.24, 2.45) is 5.92 Å². The van der Waals surface area contributed by atoms with E-state index in [0.717, 1.165) is 77.4 Å². The molecular formula is C26H35N3O5S. The fourth-order valence-electron chi connectivity index (χ4n) is 4.92. The van der Waals surface area contributed by atoms with Gasteiger partial charge in [0.1, 0.15) is 22.0 Å². The van der Waals surface area contributed by atoms with Gasteiger partial charge in [-0.1, -0.05) is 0 Å². The quantitative estimate of drug-likeness (QED) is 0.365. The Hall–Kier alpha value is -2.49. The lowest BCUT2D eigenvalue weighted by Crippen LogP contribution is -2.41. The van der Waals surface area contributed by atoms with E-state index < -0.39 is 0 Å². The van der Waals surface area contributed by atoms with Crippen molar-refractivity contribution in [3.8, 4) is 28.6 Å². The van der Waals surface area contributed by atoms with Gasteiger partial charge in [-0.05, 0) is 56.2 Å². The fourth-order valence-corrected chi connectivity index (χ4v) is 5.91. The largest absolute Gasteiger partial charge is 0.496 e. The van der Waals surface area contributed by atoms with E-state index >= 15 is 0 Å². The Morgan fingerprint density at radius 2 is 1.80 bits per heavy atom. The summed E-state index contributed by atoms with van der Waals surface area (Å²) < 4.78 is 30.8. The summed E-state index contributed by atoms with van der Waals surface area (Å²) in [4.78, 5) is 3.64. The fraction of sp³-hybridized carbons (Fsp3) is 0.577. The zero-order valence-electron chi connectivity index (χ0n) is 21.0. The molecule has 1 aromatic carbocycles. The molecule has 5 rings (SSSR count). The van der Waals surface area contributed by atoms with Crippen LogP contribution in [0.1, 0.15) is 38.2 Å². The summed E-state index contributed by atoms with van der Waals surface area (Å²) in [6, 6.07) is 4.43. The van der Waals surface area contributed by atoms with E-state index in [1.54, 1.807) is 32.7 Å². The van der Waals surface area contributed by atoms with Crippen LogP contribution in [0.4, 0.5) is 5.69 Å². The van der Waals surface area contributed by atoms with Gasteiger partial charge in [-0.3, -0.25) is 0 Å². The molecule has 190 valence electrons. The normalized spacial score (nSPS) is 16.6. The highest BCUT2D eigenvalue weighted by Gasteiger charge is 2.34. The first kappa shape index (κ1) is 24.2. The van der Waals surface area contributed by atoms with E-state index in [2.05, 4.69) is 10.3 Å². The van der Waals surface area contributed by atoms with Crippen LogP contribution < -0.4 is 19.1 Å². The van der Waals surface area contributed by atoms with E-state index in [9.17, 15) is 0 Å². The summed E-state index contributed by atoms with van der Waals surface area (Å²) in [5, 5.41) is 7.12. The average Bonchev–Trinajstić information content (AvgIpc) is 3.52. The zero-order valence-corrected chi connectivity index (χ0v) is 21.9. The maximum absolute atomic E-state index is 6.13. The van der Waals surface area contributed by atoms with E-state index in [4.69, 9.17) is 28.8 Å². The molecule has 2 aliphatic rings. The number of fused-ring (bicyclic) bond motifs is 1. The summed E-state index contributed by atoms with van der Waals surface area (Å²) in [6.45, 7) is 5.70. The molecule has 1 aliphatic carbocycles. The van der Waals surface area contributed by atoms with Crippen molar-refractivity contribution in [3.05, 3.63) is 23.1 Å². The second-order valence-electron chi connectivity index (χ2n) is 9.17. The Kier molecular flexibility index (Phi) is 7.36. The maximum atomic E-state index is 6.13. The van der Waals surface area contributed by atoms with Gasteiger partial charge < -0.3 is 28.6 Å². The van der Waals surface area contributed by atoms with Gasteiger partial charge in [0.2, 0.25) is 0 Å². The maximum Gasteiger partial charge on any atom is 0.258 e. The van der Waals surface area contributed by atoms with Crippen molar-refractivity contribution in [1.29, 1.82) is 0 Å². The Labute approximate surface area is 210 Å². The van der Waals surface area contributed by atoms with Crippen LogP contribution in [-0.2, 0) is 16.1 Å². The SMILES string of the molecule is CCOc1nn2c(-c3c(OC)cc(COC)cc3OC)csc2c1N(CC1CC1)C1CCOCC1.